The summed E-state index contributed by atoms with van der Waals surface area (Å²) in [7, 11) is 3.10. The molecular formula is C19H15F2NO4S. The standard InChI is InChI=1S/C19H15F2NO4S/c1-24-16-6-3-11(7-17(16)25-2)18-22-13(10-27-18)9-26-19(23)14-5-4-12(20)8-15(14)21/h3-8,10H,9H2,1-2H3. The second-order valence-corrected chi connectivity index (χ2v) is 6.27. The Morgan fingerprint density at radius 3 is 2.56 bits per heavy atom. The van der Waals surface area contributed by atoms with Gasteiger partial charge >= 0.3 is 5.97 Å². The van der Waals surface area contributed by atoms with Crippen LogP contribution in [0, 0.1) is 11.6 Å². The van der Waals surface area contributed by atoms with Gasteiger partial charge < -0.3 is 14.2 Å². The van der Waals surface area contributed by atoms with Gasteiger partial charge in [0, 0.05) is 17.0 Å². The van der Waals surface area contributed by atoms with Crippen molar-refractivity contribution in [3.8, 4) is 22.1 Å². The number of carbonyl (C=O) groups excluding carboxylic acids is 1. The molecule has 0 N–H and O–H groups in total. The smallest absolute Gasteiger partial charge is 0.341 e. The second kappa shape index (κ2) is 8.13. The molecule has 0 spiro atoms. The third-order valence-electron chi connectivity index (χ3n) is 3.68. The molecule has 0 saturated heterocycles. The van der Waals surface area contributed by atoms with Crippen LogP contribution in [-0.4, -0.2) is 25.2 Å². The van der Waals surface area contributed by atoms with Crippen molar-refractivity contribution in [3.63, 3.8) is 0 Å². The largest absolute Gasteiger partial charge is 0.493 e. The van der Waals surface area contributed by atoms with E-state index in [1.165, 1.54) is 11.3 Å². The minimum Gasteiger partial charge on any atom is -0.493 e. The fourth-order valence-electron chi connectivity index (χ4n) is 2.35. The number of nitrogens with zero attached hydrogens (tertiary/aromatic N) is 1. The maximum absolute atomic E-state index is 13.6. The Kier molecular flexibility index (Phi) is 5.66. The van der Waals surface area contributed by atoms with E-state index in [4.69, 9.17) is 14.2 Å². The molecule has 0 unspecified atom stereocenters. The quantitative estimate of drug-likeness (QED) is 0.581. The SMILES string of the molecule is COc1ccc(-c2nc(COC(=O)c3ccc(F)cc3F)cs2)cc1OC. The van der Waals surface area contributed by atoms with Gasteiger partial charge in [-0.3, -0.25) is 0 Å². The van der Waals surface area contributed by atoms with Gasteiger partial charge in [0.2, 0.25) is 0 Å². The van der Waals surface area contributed by atoms with Crippen LogP contribution in [0.4, 0.5) is 8.78 Å². The summed E-state index contributed by atoms with van der Waals surface area (Å²) in [6.45, 7) is -0.126. The van der Waals surface area contributed by atoms with Crippen LogP contribution in [0.25, 0.3) is 10.6 Å². The van der Waals surface area contributed by atoms with E-state index in [-0.39, 0.29) is 12.2 Å². The van der Waals surface area contributed by atoms with Crippen molar-refractivity contribution < 1.29 is 27.8 Å². The highest BCUT2D eigenvalue weighted by molar-refractivity contribution is 7.13. The van der Waals surface area contributed by atoms with E-state index in [1.807, 2.05) is 6.07 Å². The van der Waals surface area contributed by atoms with Crippen LogP contribution in [-0.2, 0) is 11.3 Å². The van der Waals surface area contributed by atoms with Crippen LogP contribution < -0.4 is 9.47 Å². The average molecular weight is 391 g/mol. The molecule has 0 bridgehead atoms. The van der Waals surface area contributed by atoms with Gasteiger partial charge in [0.15, 0.2) is 11.5 Å². The Morgan fingerprint density at radius 2 is 1.85 bits per heavy atom. The molecule has 8 heteroatoms. The van der Waals surface area contributed by atoms with Crippen molar-refractivity contribution in [1.29, 1.82) is 0 Å². The minimum absolute atomic E-state index is 0.126. The van der Waals surface area contributed by atoms with Gasteiger partial charge in [0.1, 0.15) is 23.2 Å². The lowest BCUT2D eigenvalue weighted by Crippen LogP contribution is -2.08. The number of halogens is 2. The van der Waals surface area contributed by atoms with Gasteiger partial charge in [-0.2, -0.15) is 0 Å². The number of hydrogen-bond donors (Lipinski definition) is 0. The van der Waals surface area contributed by atoms with E-state index in [1.54, 1.807) is 31.7 Å². The fraction of sp³-hybridized carbons (Fsp3) is 0.158. The lowest BCUT2D eigenvalue weighted by Gasteiger charge is -2.08. The number of hydrogen-bond acceptors (Lipinski definition) is 6. The minimum atomic E-state index is -0.968. The number of aromatic nitrogens is 1. The van der Waals surface area contributed by atoms with Crippen LogP contribution in [0.1, 0.15) is 16.1 Å². The molecule has 0 atom stereocenters. The summed E-state index contributed by atoms with van der Waals surface area (Å²) >= 11 is 1.37. The van der Waals surface area contributed by atoms with Crippen molar-refractivity contribution in [1.82, 2.24) is 4.98 Å². The predicted octanol–water partition coefficient (Wildman–Crippen LogP) is 4.46. The van der Waals surface area contributed by atoms with Crippen LogP contribution in [0.15, 0.2) is 41.8 Å². The number of thiazole rings is 1. The molecule has 140 valence electrons. The molecule has 5 nitrogen and oxygen atoms in total. The average Bonchev–Trinajstić information content (AvgIpc) is 3.14. The summed E-state index contributed by atoms with van der Waals surface area (Å²) in [5, 5.41) is 2.44. The lowest BCUT2D eigenvalue weighted by molar-refractivity contribution is 0.0463. The Labute approximate surface area is 158 Å². The molecule has 3 aromatic rings. The van der Waals surface area contributed by atoms with E-state index >= 15 is 0 Å². The molecule has 0 amide bonds. The number of esters is 1. The molecule has 3 rings (SSSR count). The Bertz CT molecular complexity index is 974. The van der Waals surface area contributed by atoms with Crippen molar-refractivity contribution in [2.45, 2.75) is 6.61 Å². The maximum Gasteiger partial charge on any atom is 0.341 e. The zero-order valence-corrected chi connectivity index (χ0v) is 15.3. The zero-order valence-electron chi connectivity index (χ0n) is 14.5. The van der Waals surface area contributed by atoms with Gasteiger partial charge in [0.25, 0.3) is 0 Å². The lowest BCUT2D eigenvalue weighted by atomic mass is 10.2. The topological polar surface area (TPSA) is 57.7 Å². The van der Waals surface area contributed by atoms with Gasteiger partial charge in [0.05, 0.1) is 25.5 Å². The fourth-order valence-corrected chi connectivity index (χ4v) is 3.15. The first kappa shape index (κ1) is 18.8. The summed E-state index contributed by atoms with van der Waals surface area (Å²) in [4.78, 5) is 16.3. The summed E-state index contributed by atoms with van der Waals surface area (Å²) in [5.41, 5.74) is 1.01. The van der Waals surface area contributed by atoms with Crippen LogP contribution in [0.3, 0.4) is 0 Å². The number of benzene rings is 2. The van der Waals surface area contributed by atoms with E-state index in [0.29, 0.717) is 28.3 Å². The number of rotatable bonds is 6. The monoisotopic (exact) mass is 391 g/mol. The summed E-state index contributed by atoms with van der Waals surface area (Å²) in [6.07, 6.45) is 0. The Hall–Kier alpha value is -3.00. The predicted molar refractivity (Wildman–Crippen MR) is 96.1 cm³/mol. The normalized spacial score (nSPS) is 10.5. The van der Waals surface area contributed by atoms with Crippen LogP contribution in [0.5, 0.6) is 11.5 Å². The first-order chi connectivity index (χ1) is 13.0. The highest BCUT2D eigenvalue weighted by atomic mass is 32.1. The Balaban J connectivity index is 1.70. The number of carbonyl (C=O) groups is 1. The first-order valence-electron chi connectivity index (χ1n) is 7.80. The third kappa shape index (κ3) is 4.22. The molecule has 0 aliphatic heterocycles. The molecule has 2 aromatic carbocycles. The molecule has 0 aliphatic carbocycles. The van der Waals surface area contributed by atoms with Crippen molar-refractivity contribution in [3.05, 3.63) is 64.7 Å². The first-order valence-corrected chi connectivity index (χ1v) is 8.68. The van der Waals surface area contributed by atoms with E-state index in [9.17, 15) is 13.6 Å². The molecular weight excluding hydrogens is 376 g/mol. The third-order valence-corrected chi connectivity index (χ3v) is 4.62. The molecule has 1 heterocycles. The maximum atomic E-state index is 13.6. The van der Waals surface area contributed by atoms with Gasteiger partial charge in [-0.15, -0.1) is 11.3 Å². The summed E-state index contributed by atoms with van der Waals surface area (Å²) < 4.78 is 42.1. The molecule has 0 saturated carbocycles. The second-order valence-electron chi connectivity index (χ2n) is 5.41. The van der Waals surface area contributed by atoms with Gasteiger partial charge in [-0.1, -0.05) is 0 Å². The highest BCUT2D eigenvalue weighted by Crippen LogP contribution is 2.33. The van der Waals surface area contributed by atoms with E-state index < -0.39 is 17.6 Å². The summed E-state index contributed by atoms with van der Waals surface area (Å²) in [5.74, 6) is -1.43. The van der Waals surface area contributed by atoms with Crippen molar-refractivity contribution >= 4 is 17.3 Å². The van der Waals surface area contributed by atoms with Crippen molar-refractivity contribution in [2.75, 3.05) is 14.2 Å². The van der Waals surface area contributed by atoms with Gasteiger partial charge in [-0.25, -0.2) is 18.6 Å². The number of ether oxygens (including phenoxy) is 3. The molecule has 27 heavy (non-hydrogen) atoms. The van der Waals surface area contributed by atoms with Crippen molar-refractivity contribution in [2.24, 2.45) is 0 Å². The molecule has 0 aliphatic rings. The molecule has 0 fully saturated rings. The summed E-state index contributed by atoms with van der Waals surface area (Å²) in [6, 6.07) is 8.08. The zero-order chi connectivity index (χ0) is 19.4. The van der Waals surface area contributed by atoms with Crippen LogP contribution in [0.2, 0.25) is 0 Å². The van der Waals surface area contributed by atoms with E-state index in [2.05, 4.69) is 4.98 Å². The molecule has 1 aromatic heterocycles. The highest BCUT2D eigenvalue weighted by Gasteiger charge is 2.15. The van der Waals surface area contributed by atoms with Gasteiger partial charge in [-0.05, 0) is 30.3 Å². The molecule has 0 radical (unpaired) electrons. The number of methoxy groups -OCH3 is 2. The van der Waals surface area contributed by atoms with E-state index in [0.717, 1.165) is 17.7 Å². The van der Waals surface area contributed by atoms with Crippen LogP contribution >= 0.6 is 11.3 Å². The Morgan fingerprint density at radius 1 is 1.07 bits per heavy atom.